The molecule has 1 aliphatic carbocycles. The second-order valence-electron chi connectivity index (χ2n) is 6.30. The molecule has 8 nitrogen and oxygen atoms in total. The van der Waals surface area contributed by atoms with Crippen LogP contribution in [0.4, 0.5) is 4.79 Å². The Balaban J connectivity index is 1.92. The Morgan fingerprint density at radius 2 is 2.04 bits per heavy atom. The van der Waals surface area contributed by atoms with Gasteiger partial charge in [0.05, 0.1) is 18.7 Å². The maximum Gasteiger partial charge on any atom is 0.404 e. The predicted octanol–water partition coefficient (Wildman–Crippen LogP) is 0.752. The Kier molecular flexibility index (Phi) is 2.93. The number of amides is 1. The van der Waals surface area contributed by atoms with Crippen LogP contribution in [0.15, 0.2) is 11.3 Å². The molecule has 2 N–H and O–H groups in total. The third kappa shape index (κ3) is 1.68. The molecule has 24 heavy (non-hydrogen) atoms. The molecule has 2 aliphatic heterocycles. The SMILES string of the molecule is COC1=C(C)C(=O)c2c(c(COC(N)=O)c3n2C[C@H]2[C@H]3N2C)C1=O. The van der Waals surface area contributed by atoms with Crippen LogP contribution in [-0.2, 0) is 22.6 Å². The number of hydrogen-bond acceptors (Lipinski definition) is 6. The molecule has 1 unspecified atom stereocenters. The first kappa shape index (κ1) is 14.9. The number of hydrogen-bond donors (Lipinski definition) is 1. The van der Waals surface area contributed by atoms with E-state index in [0.717, 1.165) is 5.69 Å². The highest BCUT2D eigenvalue weighted by Crippen LogP contribution is 2.52. The third-order valence-corrected chi connectivity index (χ3v) is 5.19. The monoisotopic (exact) mass is 331 g/mol. The van der Waals surface area contributed by atoms with Crippen LogP contribution in [-0.4, -0.2) is 47.3 Å². The average Bonchev–Trinajstić information content (AvgIpc) is 2.89. The minimum Gasteiger partial charge on any atom is -0.492 e. The Morgan fingerprint density at radius 1 is 1.33 bits per heavy atom. The minimum absolute atomic E-state index is 0.0396. The van der Waals surface area contributed by atoms with Crippen molar-refractivity contribution in [3.05, 3.63) is 33.8 Å². The normalized spacial score (nSPS) is 26.9. The summed E-state index contributed by atoms with van der Waals surface area (Å²) < 4.78 is 12.0. The van der Waals surface area contributed by atoms with E-state index in [1.54, 1.807) is 6.92 Å². The van der Waals surface area contributed by atoms with Crippen molar-refractivity contribution in [2.24, 2.45) is 5.73 Å². The molecule has 8 heteroatoms. The first-order valence-corrected chi connectivity index (χ1v) is 7.62. The smallest absolute Gasteiger partial charge is 0.404 e. The van der Waals surface area contributed by atoms with Gasteiger partial charge in [0.25, 0.3) is 0 Å². The van der Waals surface area contributed by atoms with Crippen LogP contribution >= 0.6 is 0 Å². The molecule has 0 saturated carbocycles. The fraction of sp³-hybridized carbons (Fsp3) is 0.438. The Hall–Kier alpha value is -2.61. The van der Waals surface area contributed by atoms with Crippen molar-refractivity contribution in [2.75, 3.05) is 14.2 Å². The molecule has 1 amide bonds. The van der Waals surface area contributed by atoms with Crippen molar-refractivity contribution in [1.29, 1.82) is 0 Å². The van der Waals surface area contributed by atoms with Gasteiger partial charge in [-0.25, -0.2) is 4.79 Å². The van der Waals surface area contributed by atoms with Crippen molar-refractivity contribution in [3.8, 4) is 0 Å². The summed E-state index contributed by atoms with van der Waals surface area (Å²) >= 11 is 0. The molecule has 0 bridgehead atoms. The molecule has 3 heterocycles. The van der Waals surface area contributed by atoms with E-state index in [1.165, 1.54) is 7.11 Å². The first-order valence-electron chi connectivity index (χ1n) is 7.62. The third-order valence-electron chi connectivity index (χ3n) is 5.19. The number of nitrogens with two attached hydrogens (primary N) is 1. The lowest BCUT2D eigenvalue weighted by atomic mass is 9.91. The van der Waals surface area contributed by atoms with Crippen molar-refractivity contribution < 1.29 is 23.9 Å². The number of ether oxygens (including phenoxy) is 2. The summed E-state index contributed by atoms with van der Waals surface area (Å²) in [4.78, 5) is 38.8. The molecule has 0 aromatic carbocycles. The van der Waals surface area contributed by atoms with E-state index in [4.69, 9.17) is 15.2 Å². The number of nitrogens with zero attached hydrogens (tertiary/aromatic N) is 2. The molecule has 0 spiro atoms. The molecular formula is C16H17N3O5. The van der Waals surface area contributed by atoms with E-state index in [1.807, 2.05) is 11.6 Å². The van der Waals surface area contributed by atoms with Gasteiger partial charge in [0.2, 0.25) is 11.6 Å². The van der Waals surface area contributed by atoms with E-state index < -0.39 is 6.09 Å². The van der Waals surface area contributed by atoms with Gasteiger partial charge < -0.3 is 19.8 Å². The van der Waals surface area contributed by atoms with Crippen LogP contribution in [0, 0.1) is 0 Å². The Labute approximate surface area is 137 Å². The first-order chi connectivity index (χ1) is 11.4. The maximum atomic E-state index is 12.8. The second kappa shape index (κ2) is 4.70. The van der Waals surface area contributed by atoms with Gasteiger partial charge in [0, 0.05) is 29.4 Å². The van der Waals surface area contributed by atoms with Crippen molar-refractivity contribution in [3.63, 3.8) is 0 Å². The largest absolute Gasteiger partial charge is 0.492 e. The van der Waals surface area contributed by atoms with Gasteiger partial charge in [-0.2, -0.15) is 0 Å². The summed E-state index contributed by atoms with van der Waals surface area (Å²) in [6.45, 7) is 2.10. The highest BCUT2D eigenvalue weighted by molar-refractivity contribution is 6.26. The van der Waals surface area contributed by atoms with E-state index in [9.17, 15) is 14.4 Å². The average molecular weight is 331 g/mol. The number of ketones is 2. The van der Waals surface area contributed by atoms with Gasteiger partial charge in [-0.3, -0.25) is 14.5 Å². The van der Waals surface area contributed by atoms with Crippen molar-refractivity contribution in [1.82, 2.24) is 9.47 Å². The van der Waals surface area contributed by atoms with Crippen molar-refractivity contribution >= 4 is 17.7 Å². The lowest BCUT2D eigenvalue weighted by Gasteiger charge is -2.18. The summed E-state index contributed by atoms with van der Waals surface area (Å²) in [5.41, 5.74) is 7.44. The van der Waals surface area contributed by atoms with Gasteiger partial charge in [0.15, 0.2) is 5.76 Å². The number of rotatable bonds is 3. The molecule has 1 fully saturated rings. The van der Waals surface area contributed by atoms with Crippen LogP contribution < -0.4 is 5.73 Å². The van der Waals surface area contributed by atoms with Crippen LogP contribution in [0.1, 0.15) is 45.1 Å². The summed E-state index contributed by atoms with van der Waals surface area (Å²) in [5, 5.41) is 0. The van der Waals surface area contributed by atoms with Gasteiger partial charge in [-0.1, -0.05) is 0 Å². The summed E-state index contributed by atoms with van der Waals surface area (Å²) in [6.07, 6.45) is -0.921. The predicted molar refractivity (Wildman–Crippen MR) is 81.5 cm³/mol. The number of likely N-dealkylation sites (N-methyl/N-ethyl adjacent to an activating group) is 1. The number of allylic oxidation sites excluding steroid dienone is 2. The van der Waals surface area contributed by atoms with Crippen LogP contribution in [0.5, 0.6) is 0 Å². The lowest BCUT2D eigenvalue weighted by molar-refractivity contribution is 0.0899. The number of carbonyl (C=O) groups is 3. The van der Waals surface area contributed by atoms with Crippen LogP contribution in [0.3, 0.4) is 0 Å². The quantitative estimate of drug-likeness (QED) is 0.820. The standard InChI is InChI=1S/C16H17N3O5/c1-6-13(20)12-9(14(21)15(6)23-3)7(5-24-16(17)22)10-11-8(18(11)2)4-19(10)12/h8,11H,4-5H2,1-3H3,(H2,17,22)/t8-,11+,18?/m0/s1. The number of Topliss-reactive ketones (excluding diaryl/α,β-unsaturated/α-hetero) is 2. The zero-order valence-corrected chi connectivity index (χ0v) is 13.6. The summed E-state index contributed by atoms with van der Waals surface area (Å²) in [6, 6.07) is 0.447. The number of fused-ring (bicyclic) bond motifs is 5. The van der Waals surface area contributed by atoms with E-state index in [-0.39, 0.29) is 35.5 Å². The van der Waals surface area contributed by atoms with E-state index in [0.29, 0.717) is 29.4 Å². The number of primary amides is 1. The number of carbonyl (C=O) groups excluding carboxylic acids is 3. The van der Waals surface area contributed by atoms with Crippen molar-refractivity contribution in [2.45, 2.75) is 32.2 Å². The fourth-order valence-electron chi connectivity index (χ4n) is 3.99. The van der Waals surface area contributed by atoms with Crippen LogP contribution in [0.25, 0.3) is 0 Å². The van der Waals surface area contributed by atoms with E-state index in [2.05, 4.69) is 4.90 Å². The lowest BCUT2D eigenvalue weighted by Crippen LogP contribution is -2.25. The highest BCUT2D eigenvalue weighted by Gasteiger charge is 2.56. The molecule has 0 radical (unpaired) electrons. The highest BCUT2D eigenvalue weighted by atomic mass is 16.5. The Morgan fingerprint density at radius 3 is 2.67 bits per heavy atom. The number of methoxy groups -OCH3 is 1. The maximum absolute atomic E-state index is 12.8. The second-order valence-corrected chi connectivity index (χ2v) is 6.30. The fourth-order valence-corrected chi connectivity index (χ4v) is 3.99. The molecule has 3 aliphatic rings. The van der Waals surface area contributed by atoms with Gasteiger partial charge >= 0.3 is 6.09 Å². The zero-order valence-electron chi connectivity index (χ0n) is 13.6. The molecule has 1 aromatic heterocycles. The minimum atomic E-state index is -0.921. The van der Waals surface area contributed by atoms with Gasteiger partial charge in [-0.05, 0) is 14.0 Å². The summed E-state index contributed by atoms with van der Waals surface area (Å²) in [5.74, 6) is -0.538. The Bertz CT molecular complexity index is 850. The molecule has 4 rings (SSSR count). The molecule has 1 saturated heterocycles. The molecule has 1 aromatic rings. The number of aromatic nitrogens is 1. The van der Waals surface area contributed by atoms with Gasteiger partial charge in [0.1, 0.15) is 12.3 Å². The van der Waals surface area contributed by atoms with Crippen LogP contribution in [0.2, 0.25) is 0 Å². The molecule has 126 valence electrons. The zero-order chi connectivity index (χ0) is 17.3. The summed E-state index contributed by atoms with van der Waals surface area (Å²) in [7, 11) is 3.35. The molecular weight excluding hydrogens is 314 g/mol. The van der Waals surface area contributed by atoms with Gasteiger partial charge in [-0.15, -0.1) is 0 Å². The topological polar surface area (TPSA) is 104 Å². The van der Waals surface area contributed by atoms with E-state index >= 15 is 0 Å². The molecule has 3 atom stereocenters.